The van der Waals surface area contributed by atoms with Crippen LogP contribution >= 0.6 is 23.8 Å². The second-order valence-corrected chi connectivity index (χ2v) is 5.45. The molecule has 0 bridgehead atoms. The van der Waals surface area contributed by atoms with Gasteiger partial charge in [-0.15, -0.1) is 0 Å². The molecule has 0 aliphatic heterocycles. The SMILES string of the molecule is Cc1ccccc1Nc1cc(Cl)ccc1C(=O)NNC(N)=S. The second-order valence-electron chi connectivity index (χ2n) is 4.57. The number of halogens is 1. The third-order valence-electron chi connectivity index (χ3n) is 2.94. The van der Waals surface area contributed by atoms with Crippen LogP contribution in [0.4, 0.5) is 11.4 Å². The van der Waals surface area contributed by atoms with E-state index in [1.54, 1.807) is 18.2 Å². The first-order valence-corrected chi connectivity index (χ1v) is 7.24. The molecular formula is C15H15ClN4OS. The zero-order valence-corrected chi connectivity index (χ0v) is 13.4. The molecule has 0 aliphatic carbocycles. The Hall–Kier alpha value is -2.31. The lowest BCUT2D eigenvalue weighted by molar-refractivity contribution is 0.0945. The Morgan fingerprint density at radius 1 is 1.14 bits per heavy atom. The van der Waals surface area contributed by atoms with E-state index in [1.807, 2.05) is 31.2 Å². The van der Waals surface area contributed by atoms with Gasteiger partial charge in [0.25, 0.3) is 5.91 Å². The molecule has 0 unspecified atom stereocenters. The van der Waals surface area contributed by atoms with Crippen molar-refractivity contribution in [3.05, 3.63) is 58.6 Å². The highest BCUT2D eigenvalue weighted by Crippen LogP contribution is 2.26. The number of hydrazine groups is 1. The normalized spacial score (nSPS) is 9.91. The van der Waals surface area contributed by atoms with E-state index in [0.29, 0.717) is 16.3 Å². The van der Waals surface area contributed by atoms with Crippen LogP contribution in [-0.4, -0.2) is 11.0 Å². The summed E-state index contributed by atoms with van der Waals surface area (Å²) in [7, 11) is 0. The van der Waals surface area contributed by atoms with Crippen molar-refractivity contribution in [2.75, 3.05) is 5.32 Å². The summed E-state index contributed by atoms with van der Waals surface area (Å²) in [6.07, 6.45) is 0. The highest BCUT2D eigenvalue weighted by molar-refractivity contribution is 7.80. The number of benzene rings is 2. The van der Waals surface area contributed by atoms with Crippen LogP contribution in [-0.2, 0) is 0 Å². The number of para-hydroxylation sites is 1. The van der Waals surface area contributed by atoms with Crippen molar-refractivity contribution in [3.8, 4) is 0 Å². The maximum Gasteiger partial charge on any atom is 0.271 e. The summed E-state index contributed by atoms with van der Waals surface area (Å²) in [6, 6.07) is 12.7. The minimum atomic E-state index is -0.374. The van der Waals surface area contributed by atoms with Crippen molar-refractivity contribution < 1.29 is 4.79 Å². The number of aryl methyl sites for hydroxylation is 1. The first kappa shape index (κ1) is 16.1. The fourth-order valence-electron chi connectivity index (χ4n) is 1.86. The van der Waals surface area contributed by atoms with E-state index in [2.05, 4.69) is 28.4 Å². The Kier molecular flexibility index (Phi) is 5.19. The van der Waals surface area contributed by atoms with Crippen molar-refractivity contribution in [2.24, 2.45) is 5.73 Å². The molecular weight excluding hydrogens is 320 g/mol. The molecule has 0 spiro atoms. The molecule has 0 heterocycles. The van der Waals surface area contributed by atoms with E-state index in [0.717, 1.165) is 11.3 Å². The van der Waals surface area contributed by atoms with Gasteiger partial charge in [0, 0.05) is 10.7 Å². The molecule has 2 aromatic carbocycles. The van der Waals surface area contributed by atoms with Crippen molar-refractivity contribution in [1.29, 1.82) is 0 Å². The molecule has 0 radical (unpaired) electrons. The number of thiocarbonyl (C=S) groups is 1. The van der Waals surface area contributed by atoms with Crippen molar-refractivity contribution in [3.63, 3.8) is 0 Å². The van der Waals surface area contributed by atoms with Gasteiger partial charge in [-0.25, -0.2) is 0 Å². The Labute approximate surface area is 138 Å². The van der Waals surface area contributed by atoms with Gasteiger partial charge in [0.15, 0.2) is 5.11 Å². The second kappa shape index (κ2) is 7.11. The first-order chi connectivity index (χ1) is 10.5. The largest absolute Gasteiger partial charge is 0.375 e. The molecule has 0 aliphatic rings. The van der Waals surface area contributed by atoms with Gasteiger partial charge in [0.05, 0.1) is 11.3 Å². The van der Waals surface area contributed by atoms with Gasteiger partial charge in [-0.2, -0.15) is 0 Å². The third-order valence-corrected chi connectivity index (χ3v) is 3.28. The molecule has 114 valence electrons. The molecule has 0 saturated carbocycles. The van der Waals surface area contributed by atoms with E-state index in [4.69, 9.17) is 17.3 Å². The minimum Gasteiger partial charge on any atom is -0.375 e. The number of carbonyl (C=O) groups is 1. The van der Waals surface area contributed by atoms with Gasteiger partial charge in [0.2, 0.25) is 0 Å². The van der Waals surface area contributed by atoms with Crippen LogP contribution in [0.2, 0.25) is 5.02 Å². The summed E-state index contributed by atoms with van der Waals surface area (Å²) < 4.78 is 0. The average molecular weight is 335 g/mol. The number of hydrogen-bond donors (Lipinski definition) is 4. The molecule has 0 fully saturated rings. The highest BCUT2D eigenvalue weighted by atomic mass is 35.5. The molecule has 0 saturated heterocycles. The Morgan fingerprint density at radius 2 is 1.86 bits per heavy atom. The Balaban J connectivity index is 2.30. The van der Waals surface area contributed by atoms with Gasteiger partial charge in [-0.1, -0.05) is 29.8 Å². The summed E-state index contributed by atoms with van der Waals surface area (Å²) in [5, 5.41) is 3.72. The van der Waals surface area contributed by atoms with Gasteiger partial charge in [-0.3, -0.25) is 15.6 Å². The smallest absolute Gasteiger partial charge is 0.271 e. The summed E-state index contributed by atoms with van der Waals surface area (Å²) in [5.74, 6) is -0.374. The number of carbonyl (C=O) groups excluding carboxylic acids is 1. The van der Waals surface area contributed by atoms with Crippen LogP contribution in [0, 0.1) is 6.92 Å². The quantitative estimate of drug-likeness (QED) is 0.513. The number of rotatable bonds is 3. The molecule has 5 nitrogen and oxygen atoms in total. The number of amides is 1. The lowest BCUT2D eigenvalue weighted by atomic mass is 10.1. The molecule has 1 amide bonds. The summed E-state index contributed by atoms with van der Waals surface area (Å²) in [4.78, 5) is 12.2. The zero-order chi connectivity index (χ0) is 16.1. The monoisotopic (exact) mass is 334 g/mol. The third kappa shape index (κ3) is 4.09. The predicted molar refractivity (Wildman–Crippen MR) is 93.3 cm³/mol. The van der Waals surface area contributed by atoms with Crippen LogP contribution in [0.1, 0.15) is 15.9 Å². The Morgan fingerprint density at radius 3 is 2.55 bits per heavy atom. The van der Waals surface area contributed by atoms with Crippen LogP contribution in [0.5, 0.6) is 0 Å². The number of nitrogens with one attached hydrogen (secondary N) is 3. The van der Waals surface area contributed by atoms with E-state index < -0.39 is 0 Å². The van der Waals surface area contributed by atoms with Gasteiger partial charge >= 0.3 is 0 Å². The first-order valence-electron chi connectivity index (χ1n) is 6.45. The molecule has 0 aromatic heterocycles. The molecule has 5 N–H and O–H groups in total. The molecule has 2 aromatic rings. The number of hydrogen-bond acceptors (Lipinski definition) is 3. The summed E-state index contributed by atoms with van der Waals surface area (Å²) >= 11 is 10.7. The molecule has 2 rings (SSSR count). The fourth-order valence-corrected chi connectivity index (χ4v) is 2.08. The summed E-state index contributed by atoms with van der Waals surface area (Å²) in [6.45, 7) is 1.97. The van der Waals surface area contributed by atoms with E-state index in [-0.39, 0.29) is 11.0 Å². The van der Waals surface area contributed by atoms with Crippen molar-refractivity contribution >= 4 is 46.2 Å². The standard InChI is InChI=1S/C15H15ClN4OS/c1-9-4-2-3-5-12(9)18-13-8-10(16)6-7-11(13)14(21)19-20-15(17)22/h2-8,18H,1H3,(H,19,21)(H3,17,20,22). The average Bonchev–Trinajstić information content (AvgIpc) is 2.47. The number of nitrogens with two attached hydrogens (primary N) is 1. The predicted octanol–water partition coefficient (Wildman–Crippen LogP) is 2.87. The highest BCUT2D eigenvalue weighted by Gasteiger charge is 2.13. The van der Waals surface area contributed by atoms with E-state index in [9.17, 15) is 4.79 Å². The van der Waals surface area contributed by atoms with Crippen LogP contribution in [0.3, 0.4) is 0 Å². The van der Waals surface area contributed by atoms with E-state index >= 15 is 0 Å². The minimum absolute atomic E-state index is 0.0178. The van der Waals surface area contributed by atoms with Crippen molar-refractivity contribution in [2.45, 2.75) is 6.92 Å². The zero-order valence-electron chi connectivity index (χ0n) is 11.8. The van der Waals surface area contributed by atoms with Crippen LogP contribution < -0.4 is 21.9 Å². The Bertz CT molecular complexity index is 720. The van der Waals surface area contributed by atoms with Crippen LogP contribution in [0.25, 0.3) is 0 Å². The lowest BCUT2D eigenvalue weighted by Gasteiger charge is -2.14. The van der Waals surface area contributed by atoms with Crippen LogP contribution in [0.15, 0.2) is 42.5 Å². The number of anilines is 2. The topological polar surface area (TPSA) is 79.2 Å². The molecule has 0 atom stereocenters. The van der Waals surface area contributed by atoms with Gasteiger partial charge < -0.3 is 11.1 Å². The maximum atomic E-state index is 12.2. The summed E-state index contributed by atoms with van der Waals surface area (Å²) in [5.41, 5.74) is 13.1. The van der Waals surface area contributed by atoms with Crippen molar-refractivity contribution in [1.82, 2.24) is 10.9 Å². The van der Waals surface area contributed by atoms with E-state index in [1.165, 1.54) is 0 Å². The lowest BCUT2D eigenvalue weighted by Crippen LogP contribution is -2.44. The fraction of sp³-hybridized carbons (Fsp3) is 0.0667. The van der Waals surface area contributed by atoms with Gasteiger partial charge in [0.1, 0.15) is 0 Å². The molecule has 22 heavy (non-hydrogen) atoms. The van der Waals surface area contributed by atoms with Gasteiger partial charge in [-0.05, 0) is 49.0 Å². The molecule has 7 heteroatoms. The maximum absolute atomic E-state index is 12.2.